The number of hydrogen-bond acceptors (Lipinski definition) is 6. The molecular formula is C22H27FN2O5. The highest BCUT2D eigenvalue weighted by Gasteiger charge is 2.42. The van der Waals surface area contributed by atoms with Gasteiger partial charge in [-0.3, -0.25) is 4.79 Å². The number of hydrogen-bond donors (Lipinski definition) is 4. The molecular weight excluding hydrogens is 391 g/mol. The molecule has 0 aromatic heterocycles. The number of rotatable bonds is 9. The SMILES string of the molecule is COc1ccc(CNC(=O)CC2OC(CNCc3ccc(F)cc3)C(O)C2O)cc1. The Kier molecular flexibility index (Phi) is 7.75. The van der Waals surface area contributed by atoms with Crippen molar-refractivity contribution in [1.29, 1.82) is 0 Å². The molecule has 4 atom stereocenters. The van der Waals surface area contributed by atoms with Gasteiger partial charge in [-0.15, -0.1) is 0 Å². The van der Waals surface area contributed by atoms with Gasteiger partial charge in [0.1, 0.15) is 23.8 Å². The summed E-state index contributed by atoms with van der Waals surface area (Å²) >= 11 is 0. The molecule has 162 valence electrons. The van der Waals surface area contributed by atoms with Gasteiger partial charge in [-0.1, -0.05) is 24.3 Å². The quantitative estimate of drug-likeness (QED) is 0.487. The Morgan fingerprint density at radius 1 is 1.00 bits per heavy atom. The first-order chi connectivity index (χ1) is 14.5. The van der Waals surface area contributed by atoms with Gasteiger partial charge in [0.2, 0.25) is 5.91 Å². The summed E-state index contributed by atoms with van der Waals surface area (Å²) in [5.41, 5.74) is 1.80. The second-order valence-corrected chi connectivity index (χ2v) is 7.28. The second-order valence-electron chi connectivity index (χ2n) is 7.28. The highest BCUT2D eigenvalue weighted by Crippen LogP contribution is 2.23. The van der Waals surface area contributed by atoms with Gasteiger partial charge >= 0.3 is 0 Å². The Hall–Kier alpha value is -2.52. The van der Waals surface area contributed by atoms with E-state index in [2.05, 4.69) is 10.6 Å². The minimum absolute atomic E-state index is 0.0527. The molecule has 2 aromatic rings. The number of carbonyl (C=O) groups excluding carboxylic acids is 1. The number of benzene rings is 2. The van der Waals surface area contributed by atoms with Gasteiger partial charge in [0, 0.05) is 19.6 Å². The van der Waals surface area contributed by atoms with E-state index in [0.29, 0.717) is 19.6 Å². The summed E-state index contributed by atoms with van der Waals surface area (Å²) in [5, 5.41) is 26.4. The molecule has 4 N–H and O–H groups in total. The molecule has 0 aliphatic carbocycles. The number of aliphatic hydroxyl groups is 2. The van der Waals surface area contributed by atoms with E-state index in [1.165, 1.54) is 12.1 Å². The zero-order valence-corrected chi connectivity index (χ0v) is 16.8. The molecule has 1 saturated heterocycles. The van der Waals surface area contributed by atoms with E-state index in [9.17, 15) is 19.4 Å². The monoisotopic (exact) mass is 418 g/mol. The summed E-state index contributed by atoms with van der Waals surface area (Å²) in [6, 6.07) is 13.4. The van der Waals surface area contributed by atoms with Crippen LogP contribution in [0.3, 0.4) is 0 Å². The molecule has 3 rings (SSSR count). The third-order valence-electron chi connectivity index (χ3n) is 5.08. The zero-order valence-electron chi connectivity index (χ0n) is 16.8. The van der Waals surface area contributed by atoms with Crippen LogP contribution >= 0.6 is 0 Å². The molecule has 7 nitrogen and oxygen atoms in total. The van der Waals surface area contributed by atoms with Gasteiger partial charge in [0.15, 0.2) is 0 Å². The topological polar surface area (TPSA) is 100 Å². The lowest BCUT2D eigenvalue weighted by molar-refractivity contribution is -0.125. The molecule has 0 spiro atoms. The number of methoxy groups -OCH3 is 1. The number of halogens is 1. The first-order valence-electron chi connectivity index (χ1n) is 9.82. The largest absolute Gasteiger partial charge is 0.497 e. The van der Waals surface area contributed by atoms with Crippen LogP contribution in [0.2, 0.25) is 0 Å². The highest BCUT2D eigenvalue weighted by molar-refractivity contribution is 5.76. The number of amides is 1. The van der Waals surface area contributed by atoms with E-state index in [0.717, 1.165) is 16.9 Å². The minimum atomic E-state index is -1.14. The highest BCUT2D eigenvalue weighted by atomic mass is 19.1. The van der Waals surface area contributed by atoms with Gasteiger partial charge in [0.05, 0.1) is 25.7 Å². The fourth-order valence-electron chi connectivity index (χ4n) is 3.32. The molecule has 1 fully saturated rings. The van der Waals surface area contributed by atoms with E-state index in [1.54, 1.807) is 19.2 Å². The molecule has 4 unspecified atom stereocenters. The average molecular weight is 418 g/mol. The molecule has 0 radical (unpaired) electrons. The van der Waals surface area contributed by atoms with Crippen molar-refractivity contribution in [3.63, 3.8) is 0 Å². The number of aliphatic hydroxyl groups excluding tert-OH is 2. The van der Waals surface area contributed by atoms with Crippen molar-refractivity contribution in [2.75, 3.05) is 13.7 Å². The van der Waals surface area contributed by atoms with Crippen molar-refractivity contribution >= 4 is 5.91 Å². The summed E-state index contributed by atoms with van der Waals surface area (Å²) in [5.74, 6) is 0.159. The second kappa shape index (κ2) is 10.5. The minimum Gasteiger partial charge on any atom is -0.497 e. The summed E-state index contributed by atoms with van der Waals surface area (Å²) in [6.07, 6.45) is -3.71. The van der Waals surface area contributed by atoms with Crippen molar-refractivity contribution < 1.29 is 28.9 Å². The van der Waals surface area contributed by atoms with Crippen LogP contribution in [0.5, 0.6) is 5.75 Å². The third-order valence-corrected chi connectivity index (χ3v) is 5.08. The number of ether oxygens (including phenoxy) is 2. The predicted octanol–water partition coefficient (Wildman–Crippen LogP) is 1.12. The number of nitrogens with one attached hydrogen (secondary N) is 2. The third kappa shape index (κ3) is 5.99. The first-order valence-corrected chi connectivity index (χ1v) is 9.82. The summed E-state index contributed by atoms with van der Waals surface area (Å²) in [7, 11) is 1.59. The van der Waals surface area contributed by atoms with Crippen LogP contribution in [0.1, 0.15) is 17.5 Å². The summed E-state index contributed by atoms with van der Waals surface area (Å²) < 4.78 is 23.7. The molecule has 1 amide bonds. The van der Waals surface area contributed by atoms with Crippen LogP contribution in [-0.4, -0.2) is 54.2 Å². The van der Waals surface area contributed by atoms with Gasteiger partial charge in [0.25, 0.3) is 0 Å². The van der Waals surface area contributed by atoms with E-state index in [4.69, 9.17) is 9.47 Å². The fraction of sp³-hybridized carbons (Fsp3) is 0.409. The maximum atomic E-state index is 12.9. The fourth-order valence-corrected chi connectivity index (χ4v) is 3.32. The maximum absolute atomic E-state index is 12.9. The van der Waals surface area contributed by atoms with Gasteiger partial charge in [-0.25, -0.2) is 4.39 Å². The molecule has 2 aromatic carbocycles. The van der Waals surface area contributed by atoms with Crippen LogP contribution < -0.4 is 15.4 Å². The summed E-state index contributed by atoms with van der Waals surface area (Å²) in [4.78, 5) is 12.2. The molecule has 1 aliphatic rings. The summed E-state index contributed by atoms with van der Waals surface area (Å²) in [6.45, 7) is 1.10. The molecule has 1 heterocycles. The Bertz CT molecular complexity index is 815. The average Bonchev–Trinajstić information content (AvgIpc) is 3.02. The van der Waals surface area contributed by atoms with E-state index < -0.39 is 24.4 Å². The lowest BCUT2D eigenvalue weighted by Crippen LogP contribution is -2.38. The van der Waals surface area contributed by atoms with Crippen LogP contribution in [0.25, 0.3) is 0 Å². The molecule has 8 heteroatoms. The number of carbonyl (C=O) groups is 1. The Labute approximate surface area is 174 Å². The van der Waals surface area contributed by atoms with Crippen molar-refractivity contribution in [3.05, 3.63) is 65.5 Å². The maximum Gasteiger partial charge on any atom is 0.222 e. The van der Waals surface area contributed by atoms with Crippen molar-refractivity contribution in [2.45, 2.75) is 43.9 Å². The van der Waals surface area contributed by atoms with Gasteiger partial charge in [-0.05, 0) is 35.4 Å². The predicted molar refractivity (Wildman–Crippen MR) is 108 cm³/mol. The van der Waals surface area contributed by atoms with E-state index >= 15 is 0 Å². The Balaban J connectivity index is 1.42. The Morgan fingerprint density at radius 2 is 1.60 bits per heavy atom. The standard InChI is InChI=1S/C22H27FN2O5/c1-29-17-8-4-15(5-9-17)12-25-20(26)10-18-21(27)22(28)19(30-18)13-24-11-14-2-6-16(23)7-3-14/h2-9,18-19,21-22,24,27-28H,10-13H2,1H3,(H,25,26). The first kappa shape index (κ1) is 22.2. The van der Waals surface area contributed by atoms with Crippen LogP contribution in [0.15, 0.2) is 48.5 Å². The lowest BCUT2D eigenvalue weighted by Gasteiger charge is -2.15. The normalized spacial score (nSPS) is 23.3. The van der Waals surface area contributed by atoms with E-state index in [-0.39, 0.29) is 18.1 Å². The Morgan fingerprint density at radius 3 is 2.27 bits per heavy atom. The van der Waals surface area contributed by atoms with Crippen molar-refractivity contribution in [2.24, 2.45) is 0 Å². The van der Waals surface area contributed by atoms with Crippen molar-refractivity contribution in [1.82, 2.24) is 10.6 Å². The molecule has 0 bridgehead atoms. The van der Waals surface area contributed by atoms with Crippen LogP contribution in [-0.2, 0) is 22.6 Å². The molecule has 30 heavy (non-hydrogen) atoms. The van der Waals surface area contributed by atoms with Gasteiger partial charge in [-0.2, -0.15) is 0 Å². The molecule has 0 saturated carbocycles. The van der Waals surface area contributed by atoms with Gasteiger partial charge < -0.3 is 30.3 Å². The van der Waals surface area contributed by atoms with Crippen LogP contribution in [0, 0.1) is 5.82 Å². The van der Waals surface area contributed by atoms with Crippen LogP contribution in [0.4, 0.5) is 4.39 Å². The molecule has 1 aliphatic heterocycles. The zero-order chi connectivity index (χ0) is 21.5. The lowest BCUT2D eigenvalue weighted by atomic mass is 10.1. The van der Waals surface area contributed by atoms with E-state index in [1.807, 2.05) is 24.3 Å². The smallest absolute Gasteiger partial charge is 0.222 e. The van der Waals surface area contributed by atoms with Crippen molar-refractivity contribution in [3.8, 4) is 5.75 Å².